The van der Waals surface area contributed by atoms with E-state index in [9.17, 15) is 4.79 Å². The fraction of sp³-hybridized carbons (Fsp3) is 0.688. The molecule has 0 spiro atoms. The number of nitrogens with one attached hydrogen (secondary N) is 1. The van der Waals surface area contributed by atoms with Gasteiger partial charge in [-0.1, -0.05) is 13.3 Å². The zero-order valence-electron chi connectivity index (χ0n) is 12.1. The van der Waals surface area contributed by atoms with Gasteiger partial charge in [-0.15, -0.1) is 11.3 Å². The van der Waals surface area contributed by atoms with Crippen molar-refractivity contribution in [3.05, 3.63) is 21.9 Å². The second-order valence-electron chi connectivity index (χ2n) is 5.86. The molecule has 2 heterocycles. The topological polar surface area (TPSA) is 38.3 Å². The highest BCUT2D eigenvalue weighted by Crippen LogP contribution is 2.32. The summed E-state index contributed by atoms with van der Waals surface area (Å²) < 4.78 is 5.86. The van der Waals surface area contributed by atoms with Crippen LogP contribution in [0.25, 0.3) is 0 Å². The third kappa shape index (κ3) is 2.77. The van der Waals surface area contributed by atoms with Crippen molar-refractivity contribution in [2.45, 2.75) is 57.6 Å². The molecular weight excluding hydrogens is 270 g/mol. The minimum atomic E-state index is -0.246. The van der Waals surface area contributed by atoms with Gasteiger partial charge in [0.1, 0.15) is 12.1 Å². The highest BCUT2D eigenvalue weighted by atomic mass is 32.1. The van der Waals surface area contributed by atoms with E-state index in [1.54, 1.807) is 11.3 Å². The third-order valence-electron chi connectivity index (χ3n) is 4.66. The lowest BCUT2D eigenvalue weighted by atomic mass is 9.84. The second-order valence-corrected chi connectivity index (χ2v) is 6.87. The summed E-state index contributed by atoms with van der Waals surface area (Å²) >= 11 is 1.75. The van der Waals surface area contributed by atoms with Crippen LogP contribution in [0.5, 0.6) is 0 Å². The van der Waals surface area contributed by atoms with E-state index >= 15 is 0 Å². The molecule has 110 valence electrons. The number of carbonyl (C=O) groups excluding carboxylic acids is 1. The monoisotopic (exact) mass is 293 g/mol. The van der Waals surface area contributed by atoms with Crippen LogP contribution in [0.2, 0.25) is 0 Å². The SMILES string of the molecule is CCC1CCCCC1OC(=O)C1NCCc2sccc21. The van der Waals surface area contributed by atoms with Crippen LogP contribution in [0.15, 0.2) is 11.4 Å². The Hall–Kier alpha value is -0.870. The molecule has 1 N–H and O–H groups in total. The molecule has 0 radical (unpaired) electrons. The van der Waals surface area contributed by atoms with Crippen molar-refractivity contribution in [3.8, 4) is 0 Å². The van der Waals surface area contributed by atoms with E-state index in [2.05, 4.69) is 23.7 Å². The van der Waals surface area contributed by atoms with Gasteiger partial charge in [-0.2, -0.15) is 0 Å². The number of ether oxygens (including phenoxy) is 1. The largest absolute Gasteiger partial charge is 0.461 e. The Morgan fingerprint density at radius 1 is 1.45 bits per heavy atom. The summed E-state index contributed by atoms with van der Waals surface area (Å²) in [5.41, 5.74) is 1.13. The fourth-order valence-corrected chi connectivity index (χ4v) is 4.40. The van der Waals surface area contributed by atoms with Gasteiger partial charge in [-0.05, 0) is 55.0 Å². The van der Waals surface area contributed by atoms with Crippen LogP contribution in [0.3, 0.4) is 0 Å². The van der Waals surface area contributed by atoms with Gasteiger partial charge in [0.2, 0.25) is 0 Å². The van der Waals surface area contributed by atoms with Gasteiger partial charge < -0.3 is 10.1 Å². The third-order valence-corrected chi connectivity index (χ3v) is 5.65. The molecule has 1 aromatic heterocycles. The smallest absolute Gasteiger partial charge is 0.328 e. The van der Waals surface area contributed by atoms with Crippen molar-refractivity contribution in [1.82, 2.24) is 5.32 Å². The zero-order valence-corrected chi connectivity index (χ0v) is 12.9. The maximum absolute atomic E-state index is 12.5. The number of hydrogen-bond acceptors (Lipinski definition) is 4. The Balaban J connectivity index is 1.68. The molecule has 0 aromatic carbocycles. The number of rotatable bonds is 3. The van der Waals surface area contributed by atoms with Gasteiger partial charge in [-0.25, -0.2) is 4.79 Å². The van der Waals surface area contributed by atoms with Crippen LogP contribution < -0.4 is 5.32 Å². The van der Waals surface area contributed by atoms with E-state index in [1.165, 1.54) is 24.1 Å². The normalized spacial score (nSPS) is 29.8. The van der Waals surface area contributed by atoms with E-state index < -0.39 is 0 Å². The van der Waals surface area contributed by atoms with Crippen molar-refractivity contribution < 1.29 is 9.53 Å². The van der Waals surface area contributed by atoms with Gasteiger partial charge in [0.15, 0.2) is 0 Å². The van der Waals surface area contributed by atoms with E-state index in [-0.39, 0.29) is 18.1 Å². The lowest BCUT2D eigenvalue weighted by Gasteiger charge is -2.32. The molecule has 3 atom stereocenters. The number of hydrogen-bond donors (Lipinski definition) is 1. The predicted octanol–water partition coefficient (Wildman–Crippen LogP) is 3.45. The lowest BCUT2D eigenvalue weighted by Crippen LogP contribution is -2.39. The lowest BCUT2D eigenvalue weighted by molar-refractivity contribution is -0.156. The Morgan fingerprint density at radius 3 is 3.15 bits per heavy atom. The molecule has 1 aromatic rings. The first kappa shape index (κ1) is 14.1. The maximum Gasteiger partial charge on any atom is 0.328 e. The van der Waals surface area contributed by atoms with Gasteiger partial charge >= 0.3 is 5.97 Å². The molecule has 1 aliphatic carbocycles. The van der Waals surface area contributed by atoms with Crippen molar-refractivity contribution in [3.63, 3.8) is 0 Å². The van der Waals surface area contributed by atoms with Gasteiger partial charge in [0.25, 0.3) is 0 Å². The minimum Gasteiger partial charge on any atom is -0.461 e. The summed E-state index contributed by atoms with van der Waals surface area (Å²) in [6.45, 7) is 3.07. The first-order chi connectivity index (χ1) is 9.79. The molecule has 2 aliphatic rings. The summed E-state index contributed by atoms with van der Waals surface area (Å²) in [6, 6.07) is 1.82. The number of esters is 1. The molecule has 3 rings (SSSR count). The van der Waals surface area contributed by atoms with Crippen molar-refractivity contribution in [2.24, 2.45) is 5.92 Å². The van der Waals surface area contributed by atoms with Crippen LogP contribution in [0.1, 0.15) is 55.5 Å². The second kappa shape index (κ2) is 6.27. The van der Waals surface area contributed by atoms with Crippen LogP contribution in [-0.4, -0.2) is 18.6 Å². The molecule has 1 saturated carbocycles. The fourth-order valence-electron chi connectivity index (χ4n) is 3.47. The average molecular weight is 293 g/mol. The molecule has 3 nitrogen and oxygen atoms in total. The van der Waals surface area contributed by atoms with E-state index in [0.717, 1.165) is 31.4 Å². The van der Waals surface area contributed by atoms with Crippen LogP contribution in [0, 0.1) is 5.92 Å². The highest BCUT2D eigenvalue weighted by Gasteiger charge is 2.33. The molecule has 1 fully saturated rings. The molecule has 4 heteroatoms. The summed E-state index contributed by atoms with van der Waals surface area (Å²) in [7, 11) is 0. The Bertz CT molecular complexity index is 471. The first-order valence-electron chi connectivity index (χ1n) is 7.79. The Kier molecular flexibility index (Phi) is 4.41. The quantitative estimate of drug-likeness (QED) is 0.868. The summed E-state index contributed by atoms with van der Waals surface area (Å²) in [5, 5.41) is 5.39. The van der Waals surface area contributed by atoms with Crippen LogP contribution in [-0.2, 0) is 16.0 Å². The molecule has 0 bridgehead atoms. The number of thiophene rings is 1. The van der Waals surface area contributed by atoms with Crippen molar-refractivity contribution >= 4 is 17.3 Å². The average Bonchev–Trinajstić information content (AvgIpc) is 2.96. The van der Waals surface area contributed by atoms with Gasteiger partial charge in [0, 0.05) is 11.4 Å². The summed E-state index contributed by atoms with van der Waals surface area (Å²) in [4.78, 5) is 13.8. The van der Waals surface area contributed by atoms with Crippen molar-refractivity contribution in [1.29, 1.82) is 0 Å². The zero-order chi connectivity index (χ0) is 13.9. The minimum absolute atomic E-state index is 0.0744. The molecule has 0 saturated heterocycles. The Morgan fingerprint density at radius 2 is 2.30 bits per heavy atom. The summed E-state index contributed by atoms with van der Waals surface area (Å²) in [5.74, 6) is 0.480. The number of carbonyl (C=O) groups is 1. The maximum atomic E-state index is 12.5. The molecular formula is C16H23NO2S. The Labute approximate surface area is 124 Å². The van der Waals surface area contributed by atoms with E-state index in [4.69, 9.17) is 4.74 Å². The predicted molar refractivity (Wildman–Crippen MR) is 80.9 cm³/mol. The first-order valence-corrected chi connectivity index (χ1v) is 8.67. The standard InChI is InChI=1S/C16H23NO2S/c1-2-11-5-3-4-6-13(11)19-16(18)15-12-8-10-20-14(12)7-9-17-15/h8,10-11,13,15,17H,2-7,9H2,1H3. The molecule has 1 aliphatic heterocycles. The number of fused-ring (bicyclic) bond motifs is 1. The van der Waals surface area contributed by atoms with Crippen molar-refractivity contribution in [2.75, 3.05) is 6.54 Å². The van der Waals surface area contributed by atoms with E-state index in [0.29, 0.717) is 5.92 Å². The summed E-state index contributed by atoms with van der Waals surface area (Å²) in [6.07, 6.45) is 6.98. The molecule has 0 amide bonds. The molecule has 20 heavy (non-hydrogen) atoms. The van der Waals surface area contributed by atoms with Gasteiger partial charge in [0.05, 0.1) is 0 Å². The van der Waals surface area contributed by atoms with Crippen LogP contribution >= 0.6 is 11.3 Å². The van der Waals surface area contributed by atoms with Gasteiger partial charge in [-0.3, -0.25) is 0 Å². The molecule has 3 unspecified atom stereocenters. The van der Waals surface area contributed by atoms with E-state index in [1.807, 2.05) is 0 Å². The van der Waals surface area contributed by atoms with Crippen LogP contribution in [0.4, 0.5) is 0 Å². The highest BCUT2D eigenvalue weighted by molar-refractivity contribution is 7.10.